The number of aliphatic carboxylic acids is 1. The number of carboxylic acid groups (broad SMARTS) is 1. The monoisotopic (exact) mass is 269 g/mol. The van der Waals surface area contributed by atoms with E-state index in [1.807, 2.05) is 0 Å². The number of nitrogens with two attached hydrogens (primary N) is 1. The summed E-state index contributed by atoms with van der Waals surface area (Å²) in [6, 6.07) is 4.57. The summed E-state index contributed by atoms with van der Waals surface area (Å²) in [5, 5.41) is 9.32. The van der Waals surface area contributed by atoms with Crippen LogP contribution < -0.4 is 10.5 Å². The van der Waals surface area contributed by atoms with Crippen molar-refractivity contribution in [3.05, 3.63) is 28.8 Å². The van der Waals surface area contributed by atoms with Gasteiger partial charge in [0.2, 0.25) is 0 Å². The lowest BCUT2D eigenvalue weighted by Crippen LogP contribution is -2.26. The highest BCUT2D eigenvalue weighted by Crippen LogP contribution is 2.33. The zero-order valence-corrected chi connectivity index (χ0v) is 10.7. The molecule has 1 aliphatic carbocycles. The van der Waals surface area contributed by atoms with Gasteiger partial charge in [0.1, 0.15) is 5.75 Å². The first-order chi connectivity index (χ1) is 8.56. The Bertz CT molecular complexity index is 446. The van der Waals surface area contributed by atoms with Gasteiger partial charge < -0.3 is 15.6 Å². The van der Waals surface area contributed by atoms with Crippen LogP contribution in [0.25, 0.3) is 0 Å². The van der Waals surface area contributed by atoms with Crippen LogP contribution in [-0.2, 0) is 4.79 Å². The molecule has 4 nitrogen and oxygen atoms in total. The quantitative estimate of drug-likeness (QED) is 0.862. The standard InChI is InChI=1S/C13H16ClNO3/c14-8-4-5-12(18-9-2-1-3-9)10(6-8)11(15)7-13(16)17/h4-6,9,11H,1-3,7,15H2,(H,16,17). The van der Waals surface area contributed by atoms with E-state index in [9.17, 15) is 4.79 Å². The van der Waals surface area contributed by atoms with Crippen molar-refractivity contribution in [2.75, 3.05) is 0 Å². The van der Waals surface area contributed by atoms with Crippen LogP contribution in [0.15, 0.2) is 18.2 Å². The summed E-state index contributed by atoms with van der Waals surface area (Å²) >= 11 is 5.92. The zero-order chi connectivity index (χ0) is 13.1. The molecule has 0 aromatic heterocycles. The minimum atomic E-state index is -0.933. The Morgan fingerprint density at radius 2 is 2.28 bits per heavy atom. The lowest BCUT2D eigenvalue weighted by atomic mass is 9.95. The molecule has 1 unspecified atom stereocenters. The first-order valence-electron chi connectivity index (χ1n) is 5.99. The fourth-order valence-electron chi connectivity index (χ4n) is 1.88. The van der Waals surface area contributed by atoms with Crippen LogP contribution in [-0.4, -0.2) is 17.2 Å². The average Bonchev–Trinajstić information content (AvgIpc) is 2.23. The van der Waals surface area contributed by atoms with Crippen molar-refractivity contribution in [2.24, 2.45) is 5.73 Å². The smallest absolute Gasteiger partial charge is 0.305 e. The second-order valence-corrected chi connectivity index (χ2v) is 4.99. The number of hydrogen-bond donors (Lipinski definition) is 2. The van der Waals surface area contributed by atoms with Gasteiger partial charge in [0, 0.05) is 16.6 Å². The Kier molecular flexibility index (Phi) is 4.09. The molecule has 1 aromatic rings. The van der Waals surface area contributed by atoms with Gasteiger partial charge in [0.15, 0.2) is 0 Å². The molecule has 98 valence electrons. The van der Waals surface area contributed by atoms with Crippen LogP contribution in [0.2, 0.25) is 5.02 Å². The Morgan fingerprint density at radius 3 is 2.83 bits per heavy atom. The van der Waals surface area contributed by atoms with E-state index in [1.165, 1.54) is 6.42 Å². The Hall–Kier alpha value is -1.26. The summed E-state index contributed by atoms with van der Waals surface area (Å²) < 4.78 is 5.81. The van der Waals surface area contributed by atoms with Crippen LogP contribution in [0.1, 0.15) is 37.3 Å². The van der Waals surface area contributed by atoms with E-state index in [0.29, 0.717) is 16.3 Å². The molecule has 0 heterocycles. The molecule has 1 aliphatic rings. The Labute approximate surface area is 111 Å². The van der Waals surface area contributed by atoms with Crippen molar-refractivity contribution in [3.63, 3.8) is 0 Å². The number of halogens is 1. The van der Waals surface area contributed by atoms with Gasteiger partial charge in [-0.25, -0.2) is 0 Å². The maximum atomic E-state index is 10.7. The predicted molar refractivity (Wildman–Crippen MR) is 68.9 cm³/mol. The molecule has 0 amide bonds. The van der Waals surface area contributed by atoms with Crippen LogP contribution in [0.5, 0.6) is 5.75 Å². The third-order valence-corrected chi connectivity index (χ3v) is 3.35. The molecule has 1 aromatic carbocycles. The highest BCUT2D eigenvalue weighted by molar-refractivity contribution is 6.30. The summed E-state index contributed by atoms with van der Waals surface area (Å²) in [7, 11) is 0. The number of benzene rings is 1. The first kappa shape index (κ1) is 13.2. The Balaban J connectivity index is 2.18. The minimum Gasteiger partial charge on any atom is -0.490 e. The molecule has 0 spiro atoms. The number of carbonyl (C=O) groups is 1. The van der Waals surface area contributed by atoms with Gasteiger partial charge >= 0.3 is 5.97 Å². The van der Waals surface area contributed by atoms with Gasteiger partial charge in [-0.1, -0.05) is 11.6 Å². The number of ether oxygens (including phenoxy) is 1. The fraction of sp³-hybridized carbons (Fsp3) is 0.462. The van der Waals surface area contributed by atoms with Crippen LogP contribution >= 0.6 is 11.6 Å². The van der Waals surface area contributed by atoms with Crippen molar-refractivity contribution in [1.82, 2.24) is 0 Å². The second-order valence-electron chi connectivity index (χ2n) is 4.56. The van der Waals surface area contributed by atoms with E-state index in [-0.39, 0.29) is 12.5 Å². The zero-order valence-electron chi connectivity index (χ0n) is 9.93. The van der Waals surface area contributed by atoms with E-state index in [1.54, 1.807) is 18.2 Å². The summed E-state index contributed by atoms with van der Waals surface area (Å²) in [6.07, 6.45) is 3.34. The molecule has 3 N–H and O–H groups in total. The number of rotatable bonds is 5. The minimum absolute atomic E-state index is 0.138. The molecule has 5 heteroatoms. The van der Waals surface area contributed by atoms with Crippen LogP contribution in [0, 0.1) is 0 Å². The fourth-order valence-corrected chi connectivity index (χ4v) is 2.06. The normalized spacial score (nSPS) is 17.0. The maximum absolute atomic E-state index is 10.7. The second kappa shape index (κ2) is 5.59. The molecule has 1 saturated carbocycles. The average molecular weight is 270 g/mol. The van der Waals surface area contributed by atoms with Gasteiger partial charge in [0.25, 0.3) is 0 Å². The molecule has 18 heavy (non-hydrogen) atoms. The predicted octanol–water partition coefficient (Wildman–Crippen LogP) is 2.75. The third-order valence-electron chi connectivity index (χ3n) is 3.11. The summed E-state index contributed by atoms with van der Waals surface area (Å²) in [4.78, 5) is 10.7. The molecule has 0 aliphatic heterocycles. The van der Waals surface area contributed by atoms with Gasteiger partial charge in [-0.2, -0.15) is 0 Å². The van der Waals surface area contributed by atoms with Gasteiger partial charge in [-0.05, 0) is 37.5 Å². The lowest BCUT2D eigenvalue weighted by Gasteiger charge is -2.28. The first-order valence-corrected chi connectivity index (χ1v) is 6.37. The molecule has 2 rings (SSSR count). The molecular formula is C13H16ClNO3. The van der Waals surface area contributed by atoms with Crippen molar-refractivity contribution in [1.29, 1.82) is 0 Å². The van der Waals surface area contributed by atoms with Crippen molar-refractivity contribution < 1.29 is 14.6 Å². The highest BCUT2D eigenvalue weighted by atomic mass is 35.5. The molecule has 1 atom stereocenters. The molecular weight excluding hydrogens is 254 g/mol. The van der Waals surface area contributed by atoms with E-state index >= 15 is 0 Å². The van der Waals surface area contributed by atoms with E-state index in [4.69, 9.17) is 27.2 Å². The summed E-state index contributed by atoms with van der Waals surface area (Å²) in [5.41, 5.74) is 6.55. The van der Waals surface area contributed by atoms with Crippen molar-refractivity contribution in [2.45, 2.75) is 37.8 Å². The van der Waals surface area contributed by atoms with Crippen LogP contribution in [0.3, 0.4) is 0 Å². The third kappa shape index (κ3) is 3.15. The van der Waals surface area contributed by atoms with Gasteiger partial charge in [-0.15, -0.1) is 0 Å². The van der Waals surface area contributed by atoms with Gasteiger partial charge in [-0.3, -0.25) is 4.79 Å². The maximum Gasteiger partial charge on any atom is 0.305 e. The van der Waals surface area contributed by atoms with Crippen LogP contribution in [0.4, 0.5) is 0 Å². The largest absolute Gasteiger partial charge is 0.490 e. The molecule has 0 bridgehead atoms. The van der Waals surface area contributed by atoms with Gasteiger partial charge in [0.05, 0.1) is 12.5 Å². The van der Waals surface area contributed by atoms with E-state index in [2.05, 4.69) is 0 Å². The van der Waals surface area contributed by atoms with E-state index < -0.39 is 12.0 Å². The molecule has 0 saturated heterocycles. The highest BCUT2D eigenvalue weighted by Gasteiger charge is 2.22. The molecule has 0 radical (unpaired) electrons. The summed E-state index contributed by atoms with van der Waals surface area (Å²) in [5.74, 6) is -0.282. The lowest BCUT2D eigenvalue weighted by molar-refractivity contribution is -0.137. The summed E-state index contributed by atoms with van der Waals surface area (Å²) in [6.45, 7) is 0. The van der Waals surface area contributed by atoms with E-state index in [0.717, 1.165) is 12.8 Å². The number of carboxylic acids is 1. The van der Waals surface area contributed by atoms with Crippen molar-refractivity contribution in [3.8, 4) is 5.75 Å². The Morgan fingerprint density at radius 1 is 1.56 bits per heavy atom. The van der Waals surface area contributed by atoms with Crippen molar-refractivity contribution >= 4 is 17.6 Å². The number of hydrogen-bond acceptors (Lipinski definition) is 3. The molecule has 1 fully saturated rings. The topological polar surface area (TPSA) is 72.6 Å². The SMILES string of the molecule is NC(CC(=O)O)c1cc(Cl)ccc1OC1CCC1.